The second-order valence-electron chi connectivity index (χ2n) is 5.71. The number of halogens is 1. The summed E-state index contributed by atoms with van der Waals surface area (Å²) in [4.78, 5) is 22.9. The van der Waals surface area contributed by atoms with Gasteiger partial charge < -0.3 is 10.2 Å². The highest BCUT2D eigenvalue weighted by Gasteiger charge is 2.22. The minimum absolute atomic E-state index is 0.0214. The predicted molar refractivity (Wildman–Crippen MR) is 90.6 cm³/mol. The minimum Gasteiger partial charge on any atom is -0.351 e. The first-order valence-corrected chi connectivity index (χ1v) is 8.14. The zero-order valence-corrected chi connectivity index (χ0v) is 13.5. The number of carbonyl (C=O) groups is 1. The van der Waals surface area contributed by atoms with Crippen LogP contribution in [0.2, 0.25) is 5.02 Å². The summed E-state index contributed by atoms with van der Waals surface area (Å²) in [7, 11) is 0. The number of hydrogen-bond acceptors (Lipinski definition) is 4. The zero-order chi connectivity index (χ0) is 16.1. The Labute approximate surface area is 140 Å². The van der Waals surface area contributed by atoms with Gasteiger partial charge in [-0.25, -0.2) is 9.97 Å². The monoisotopic (exact) mass is 330 g/mol. The Morgan fingerprint density at radius 3 is 2.91 bits per heavy atom. The Balaban J connectivity index is 1.56. The molecule has 1 atom stereocenters. The van der Waals surface area contributed by atoms with Crippen molar-refractivity contribution >= 4 is 23.5 Å². The third kappa shape index (κ3) is 4.42. The van der Waals surface area contributed by atoms with Crippen molar-refractivity contribution in [2.24, 2.45) is 0 Å². The fourth-order valence-electron chi connectivity index (χ4n) is 2.84. The van der Waals surface area contributed by atoms with Crippen LogP contribution in [0.3, 0.4) is 0 Å². The Bertz CT molecular complexity index is 665. The Morgan fingerprint density at radius 2 is 2.13 bits per heavy atom. The topological polar surface area (TPSA) is 58.1 Å². The lowest BCUT2D eigenvalue weighted by Crippen LogP contribution is -2.48. The van der Waals surface area contributed by atoms with Crippen molar-refractivity contribution < 1.29 is 4.79 Å². The van der Waals surface area contributed by atoms with Crippen LogP contribution < -0.4 is 10.2 Å². The van der Waals surface area contributed by atoms with Gasteiger partial charge in [0.25, 0.3) is 0 Å². The van der Waals surface area contributed by atoms with Gasteiger partial charge in [-0.15, -0.1) is 0 Å². The third-order valence-corrected chi connectivity index (χ3v) is 4.11. The van der Waals surface area contributed by atoms with E-state index in [4.69, 9.17) is 11.6 Å². The Hall–Kier alpha value is -2.14. The maximum Gasteiger partial charge on any atom is 0.225 e. The number of rotatable bonds is 4. The summed E-state index contributed by atoms with van der Waals surface area (Å²) in [5.74, 6) is 0.745. The molecule has 1 aliphatic heterocycles. The van der Waals surface area contributed by atoms with Gasteiger partial charge in [0.15, 0.2) is 0 Å². The molecule has 120 valence electrons. The molecule has 0 bridgehead atoms. The maximum absolute atomic E-state index is 12.2. The van der Waals surface area contributed by atoms with Crippen molar-refractivity contribution in [3.63, 3.8) is 0 Å². The first-order chi connectivity index (χ1) is 11.2. The average Bonchev–Trinajstić information content (AvgIpc) is 2.56. The van der Waals surface area contributed by atoms with Crippen LogP contribution in [0.5, 0.6) is 0 Å². The summed E-state index contributed by atoms with van der Waals surface area (Å²) in [6.07, 6.45) is 5.82. The van der Waals surface area contributed by atoms with Gasteiger partial charge in [0.2, 0.25) is 11.9 Å². The molecule has 2 heterocycles. The molecule has 2 aromatic rings. The number of nitrogens with zero attached hydrogens (tertiary/aromatic N) is 3. The van der Waals surface area contributed by atoms with Crippen LogP contribution in [0.25, 0.3) is 0 Å². The molecular formula is C17H19ClN4O. The molecule has 1 saturated heterocycles. The first-order valence-electron chi connectivity index (χ1n) is 7.76. The van der Waals surface area contributed by atoms with Gasteiger partial charge in [-0.05, 0) is 36.6 Å². The Kier molecular flexibility index (Phi) is 5.08. The van der Waals surface area contributed by atoms with Gasteiger partial charge in [0, 0.05) is 36.5 Å². The van der Waals surface area contributed by atoms with Gasteiger partial charge in [-0.1, -0.05) is 23.7 Å². The van der Waals surface area contributed by atoms with Gasteiger partial charge in [-0.2, -0.15) is 0 Å². The van der Waals surface area contributed by atoms with Gasteiger partial charge in [0.05, 0.1) is 6.42 Å². The van der Waals surface area contributed by atoms with Crippen LogP contribution in [0, 0.1) is 0 Å². The van der Waals surface area contributed by atoms with Gasteiger partial charge in [-0.3, -0.25) is 4.79 Å². The van der Waals surface area contributed by atoms with Crippen molar-refractivity contribution in [3.8, 4) is 0 Å². The third-order valence-electron chi connectivity index (χ3n) is 3.88. The SMILES string of the molecule is O=C(Cc1cccc(Cl)c1)N[C@@H]1CCCN(c2ncccn2)C1. The molecule has 1 N–H and O–H groups in total. The fraction of sp³-hybridized carbons (Fsp3) is 0.353. The second-order valence-corrected chi connectivity index (χ2v) is 6.14. The van der Waals surface area contributed by atoms with E-state index in [-0.39, 0.29) is 11.9 Å². The summed E-state index contributed by atoms with van der Waals surface area (Å²) in [6, 6.07) is 9.33. The van der Waals surface area contributed by atoms with E-state index in [0.29, 0.717) is 11.4 Å². The molecule has 1 aliphatic rings. The molecular weight excluding hydrogens is 312 g/mol. The molecule has 0 unspecified atom stereocenters. The van der Waals surface area contributed by atoms with Gasteiger partial charge in [0.1, 0.15) is 0 Å². The highest BCUT2D eigenvalue weighted by atomic mass is 35.5. The highest BCUT2D eigenvalue weighted by Crippen LogP contribution is 2.16. The molecule has 5 nitrogen and oxygen atoms in total. The summed E-state index contributed by atoms with van der Waals surface area (Å²) in [5.41, 5.74) is 0.925. The van der Waals surface area contributed by atoms with E-state index in [2.05, 4.69) is 20.2 Å². The van der Waals surface area contributed by atoms with Crippen LogP contribution in [0.4, 0.5) is 5.95 Å². The van der Waals surface area contributed by atoms with Crippen molar-refractivity contribution in [1.29, 1.82) is 0 Å². The second kappa shape index (κ2) is 7.42. The summed E-state index contributed by atoms with van der Waals surface area (Å²) < 4.78 is 0. The largest absolute Gasteiger partial charge is 0.351 e. The van der Waals surface area contributed by atoms with Crippen LogP contribution >= 0.6 is 11.6 Å². The van der Waals surface area contributed by atoms with E-state index in [1.54, 1.807) is 18.5 Å². The van der Waals surface area contributed by atoms with E-state index in [1.165, 1.54) is 0 Å². The fourth-order valence-corrected chi connectivity index (χ4v) is 3.06. The summed E-state index contributed by atoms with van der Waals surface area (Å²) in [5, 5.41) is 3.76. The quantitative estimate of drug-likeness (QED) is 0.935. The van der Waals surface area contributed by atoms with Crippen LogP contribution in [-0.4, -0.2) is 35.0 Å². The molecule has 0 spiro atoms. The standard InChI is InChI=1S/C17H19ClN4O/c18-14-5-1-4-13(10-14)11-16(23)21-15-6-2-9-22(12-15)17-19-7-3-8-20-17/h1,3-5,7-8,10,15H,2,6,9,11-12H2,(H,21,23)/t15-/m1/s1. The number of amides is 1. The molecule has 1 aromatic heterocycles. The normalized spacial score (nSPS) is 17.8. The number of carbonyl (C=O) groups excluding carboxylic acids is 1. The van der Waals surface area contributed by atoms with E-state index in [1.807, 2.05) is 24.3 Å². The van der Waals surface area contributed by atoms with Crippen molar-refractivity contribution in [1.82, 2.24) is 15.3 Å². The van der Waals surface area contributed by atoms with E-state index < -0.39 is 0 Å². The summed E-state index contributed by atoms with van der Waals surface area (Å²) >= 11 is 5.95. The molecule has 1 fully saturated rings. The number of aromatic nitrogens is 2. The molecule has 0 aliphatic carbocycles. The molecule has 3 rings (SSSR count). The van der Waals surface area contributed by atoms with Crippen molar-refractivity contribution in [2.45, 2.75) is 25.3 Å². The number of piperidine rings is 1. The average molecular weight is 331 g/mol. The molecule has 1 amide bonds. The number of benzene rings is 1. The van der Waals surface area contributed by atoms with Gasteiger partial charge >= 0.3 is 0 Å². The number of anilines is 1. The molecule has 6 heteroatoms. The van der Waals surface area contributed by atoms with E-state index in [0.717, 1.165) is 37.4 Å². The molecule has 0 saturated carbocycles. The smallest absolute Gasteiger partial charge is 0.225 e. The van der Waals surface area contributed by atoms with E-state index >= 15 is 0 Å². The van der Waals surface area contributed by atoms with Crippen LogP contribution in [-0.2, 0) is 11.2 Å². The minimum atomic E-state index is 0.0214. The molecule has 0 radical (unpaired) electrons. The lowest BCUT2D eigenvalue weighted by molar-refractivity contribution is -0.121. The first kappa shape index (κ1) is 15.7. The van der Waals surface area contributed by atoms with Crippen molar-refractivity contribution in [2.75, 3.05) is 18.0 Å². The summed E-state index contributed by atoms with van der Waals surface area (Å²) in [6.45, 7) is 1.66. The number of nitrogens with one attached hydrogen (secondary N) is 1. The number of hydrogen-bond donors (Lipinski definition) is 1. The molecule has 1 aromatic carbocycles. The lowest BCUT2D eigenvalue weighted by atomic mass is 10.1. The highest BCUT2D eigenvalue weighted by molar-refractivity contribution is 6.30. The van der Waals surface area contributed by atoms with E-state index in [9.17, 15) is 4.79 Å². The predicted octanol–water partition coefficient (Wildman–Crippen LogP) is 2.46. The lowest BCUT2D eigenvalue weighted by Gasteiger charge is -2.33. The molecule has 23 heavy (non-hydrogen) atoms. The maximum atomic E-state index is 12.2. The van der Waals surface area contributed by atoms with Crippen LogP contribution in [0.1, 0.15) is 18.4 Å². The zero-order valence-electron chi connectivity index (χ0n) is 12.8. The Morgan fingerprint density at radius 1 is 1.30 bits per heavy atom. The van der Waals surface area contributed by atoms with Crippen LogP contribution in [0.15, 0.2) is 42.7 Å². The van der Waals surface area contributed by atoms with Crippen molar-refractivity contribution in [3.05, 3.63) is 53.3 Å².